The normalized spacial score (nSPS) is 10.0. The van der Waals surface area contributed by atoms with Gasteiger partial charge < -0.3 is 30.4 Å². The molecule has 28 heavy (non-hydrogen) atoms. The lowest BCUT2D eigenvalue weighted by atomic mass is 10.2. The monoisotopic (exact) mass is 392 g/mol. The van der Waals surface area contributed by atoms with Crippen LogP contribution in [-0.2, 0) is 19.1 Å². The van der Waals surface area contributed by atoms with Crippen molar-refractivity contribution < 1.29 is 28.5 Å². The van der Waals surface area contributed by atoms with E-state index >= 15 is 0 Å². The van der Waals surface area contributed by atoms with Gasteiger partial charge in [0.25, 0.3) is 0 Å². The van der Waals surface area contributed by atoms with Gasteiger partial charge in [-0.05, 0) is 31.4 Å². The van der Waals surface area contributed by atoms with Gasteiger partial charge in [-0.2, -0.15) is 0 Å². The fourth-order valence-corrected chi connectivity index (χ4v) is 1.99. The smallest absolute Gasteiger partial charge is 0.353 e. The highest BCUT2D eigenvalue weighted by Gasteiger charge is 2.04. The van der Waals surface area contributed by atoms with Gasteiger partial charge in [0.1, 0.15) is 22.9 Å². The zero-order valence-corrected chi connectivity index (χ0v) is 16.0. The van der Waals surface area contributed by atoms with Crippen molar-refractivity contribution in [1.82, 2.24) is 0 Å². The summed E-state index contributed by atoms with van der Waals surface area (Å²) in [4.78, 5) is 22.2. The topological polar surface area (TPSA) is 123 Å². The van der Waals surface area contributed by atoms with Crippen molar-refractivity contribution in [2.45, 2.75) is 25.7 Å². The molecule has 0 saturated heterocycles. The summed E-state index contributed by atoms with van der Waals surface area (Å²) in [7, 11) is 0. The molecule has 0 fully saturated rings. The van der Waals surface area contributed by atoms with Gasteiger partial charge in [-0.1, -0.05) is 19.2 Å². The lowest BCUT2D eigenvalue weighted by Gasteiger charge is -2.10. The summed E-state index contributed by atoms with van der Waals surface area (Å²) in [6, 6.07) is 7.29. The summed E-state index contributed by atoms with van der Waals surface area (Å²) in [6.07, 6.45) is 2.94. The van der Waals surface area contributed by atoms with Gasteiger partial charge in [0, 0.05) is 12.5 Å². The van der Waals surface area contributed by atoms with Crippen molar-refractivity contribution in [2.75, 3.05) is 26.4 Å². The largest absolute Gasteiger partial charge is 0.493 e. The molecule has 0 saturated carbocycles. The Morgan fingerprint density at radius 3 is 1.75 bits per heavy atom. The third kappa shape index (κ3) is 10.1. The molecular formula is C20H28N2O6. The lowest BCUT2D eigenvalue weighted by molar-refractivity contribution is -0.140. The third-order valence-electron chi connectivity index (χ3n) is 3.41. The van der Waals surface area contributed by atoms with Crippen LogP contribution in [0.2, 0.25) is 0 Å². The molecule has 0 amide bonds. The van der Waals surface area contributed by atoms with Crippen LogP contribution in [0, 0.1) is 0 Å². The molecule has 0 radical (unpaired) electrons. The van der Waals surface area contributed by atoms with Crippen LogP contribution in [0.25, 0.3) is 0 Å². The highest BCUT2D eigenvalue weighted by Crippen LogP contribution is 2.20. The van der Waals surface area contributed by atoms with E-state index in [2.05, 4.69) is 13.2 Å². The Hall–Kier alpha value is -3.16. The summed E-state index contributed by atoms with van der Waals surface area (Å²) >= 11 is 0. The summed E-state index contributed by atoms with van der Waals surface area (Å²) < 4.78 is 21.1. The maximum absolute atomic E-state index is 11.1. The SMILES string of the molecule is C=C(N)C(=O)OCCCCCOc1cccc(OCCCOC(=O)C(=C)N)c1. The molecule has 0 bridgehead atoms. The molecule has 0 spiro atoms. The number of hydrogen-bond donors (Lipinski definition) is 2. The molecule has 8 nitrogen and oxygen atoms in total. The molecule has 0 unspecified atom stereocenters. The Bertz CT molecular complexity index is 674. The predicted molar refractivity (Wildman–Crippen MR) is 104 cm³/mol. The van der Waals surface area contributed by atoms with E-state index in [-0.39, 0.29) is 18.0 Å². The first-order chi connectivity index (χ1) is 13.4. The summed E-state index contributed by atoms with van der Waals surface area (Å²) in [5.74, 6) is 0.185. The molecule has 8 heteroatoms. The first kappa shape index (κ1) is 22.9. The third-order valence-corrected chi connectivity index (χ3v) is 3.41. The number of unbranched alkanes of at least 4 members (excludes halogenated alkanes) is 2. The number of nitrogens with two attached hydrogens (primary N) is 2. The number of hydrogen-bond acceptors (Lipinski definition) is 8. The number of esters is 2. The molecule has 0 aliphatic rings. The van der Waals surface area contributed by atoms with Crippen LogP contribution in [-0.4, -0.2) is 38.4 Å². The van der Waals surface area contributed by atoms with E-state index in [1.165, 1.54) is 0 Å². The van der Waals surface area contributed by atoms with Gasteiger partial charge in [0.15, 0.2) is 0 Å². The highest BCUT2D eigenvalue weighted by atomic mass is 16.5. The number of rotatable bonds is 14. The van der Waals surface area contributed by atoms with E-state index in [0.717, 1.165) is 19.3 Å². The molecule has 0 heterocycles. The minimum Gasteiger partial charge on any atom is -0.493 e. The molecule has 154 valence electrons. The maximum Gasteiger partial charge on any atom is 0.353 e. The zero-order chi connectivity index (χ0) is 20.8. The van der Waals surface area contributed by atoms with Crippen molar-refractivity contribution in [3.8, 4) is 11.5 Å². The quantitative estimate of drug-likeness (QED) is 0.280. The van der Waals surface area contributed by atoms with Crippen LogP contribution in [0.1, 0.15) is 25.7 Å². The Morgan fingerprint density at radius 1 is 0.750 bits per heavy atom. The predicted octanol–water partition coefficient (Wildman–Crippen LogP) is 2.04. The van der Waals surface area contributed by atoms with Crippen molar-refractivity contribution in [2.24, 2.45) is 11.5 Å². The first-order valence-corrected chi connectivity index (χ1v) is 8.99. The zero-order valence-electron chi connectivity index (χ0n) is 16.0. The summed E-state index contributed by atoms with van der Waals surface area (Å²) in [6.45, 7) is 8.06. The fraction of sp³-hybridized carbons (Fsp3) is 0.400. The van der Waals surface area contributed by atoms with Gasteiger partial charge in [0.2, 0.25) is 0 Å². The van der Waals surface area contributed by atoms with Gasteiger partial charge in [-0.25, -0.2) is 9.59 Å². The van der Waals surface area contributed by atoms with Crippen LogP contribution in [0.5, 0.6) is 11.5 Å². The van der Waals surface area contributed by atoms with Gasteiger partial charge in [-0.3, -0.25) is 0 Å². The average molecular weight is 392 g/mol. The number of benzene rings is 1. The van der Waals surface area contributed by atoms with Crippen LogP contribution in [0.15, 0.2) is 48.8 Å². The second kappa shape index (κ2) is 13.1. The van der Waals surface area contributed by atoms with E-state index in [4.69, 9.17) is 30.4 Å². The number of carbonyl (C=O) groups excluding carboxylic acids is 2. The Labute approximate surface area is 165 Å². The van der Waals surface area contributed by atoms with Crippen LogP contribution < -0.4 is 20.9 Å². The Balaban J connectivity index is 2.14. The van der Waals surface area contributed by atoms with Crippen LogP contribution >= 0.6 is 0 Å². The molecule has 1 aromatic rings. The minimum absolute atomic E-state index is 0.0899. The number of ether oxygens (including phenoxy) is 4. The van der Waals surface area contributed by atoms with Gasteiger partial charge in [-0.15, -0.1) is 0 Å². The average Bonchev–Trinajstić information content (AvgIpc) is 2.66. The maximum atomic E-state index is 11.1. The second-order valence-electron chi connectivity index (χ2n) is 5.91. The van der Waals surface area contributed by atoms with E-state index in [1.807, 2.05) is 18.2 Å². The molecule has 0 aliphatic heterocycles. The first-order valence-electron chi connectivity index (χ1n) is 8.99. The molecule has 1 rings (SSSR count). The van der Waals surface area contributed by atoms with E-state index in [9.17, 15) is 9.59 Å². The van der Waals surface area contributed by atoms with Gasteiger partial charge >= 0.3 is 11.9 Å². The molecule has 0 atom stereocenters. The van der Waals surface area contributed by atoms with Crippen molar-refractivity contribution >= 4 is 11.9 Å². The molecule has 0 aromatic heterocycles. The van der Waals surface area contributed by atoms with E-state index < -0.39 is 11.9 Å². The molecular weight excluding hydrogens is 364 g/mol. The van der Waals surface area contributed by atoms with Crippen LogP contribution in [0.3, 0.4) is 0 Å². The van der Waals surface area contributed by atoms with Crippen molar-refractivity contribution in [3.63, 3.8) is 0 Å². The fourth-order valence-electron chi connectivity index (χ4n) is 1.99. The second-order valence-corrected chi connectivity index (χ2v) is 5.91. The van der Waals surface area contributed by atoms with Gasteiger partial charge in [0.05, 0.1) is 26.4 Å². The van der Waals surface area contributed by atoms with E-state index in [0.29, 0.717) is 37.7 Å². The van der Waals surface area contributed by atoms with Crippen molar-refractivity contribution in [3.05, 3.63) is 48.8 Å². The van der Waals surface area contributed by atoms with E-state index in [1.54, 1.807) is 6.07 Å². The highest BCUT2D eigenvalue weighted by molar-refractivity contribution is 5.86. The van der Waals surface area contributed by atoms with Crippen LogP contribution in [0.4, 0.5) is 0 Å². The Kier molecular flexibility index (Phi) is 10.7. The number of carbonyl (C=O) groups is 2. The molecule has 4 N–H and O–H groups in total. The molecule has 0 aliphatic carbocycles. The summed E-state index contributed by atoms with van der Waals surface area (Å²) in [5, 5.41) is 0. The standard InChI is InChI=1S/C20H28N2O6/c1-15(21)19(23)27-11-5-3-4-10-25-17-8-6-9-18(14-17)26-12-7-13-28-20(24)16(2)22/h6,8-9,14H,1-5,7,10-13,21-22H2. The summed E-state index contributed by atoms with van der Waals surface area (Å²) in [5.41, 5.74) is 10.2. The minimum atomic E-state index is -0.613. The van der Waals surface area contributed by atoms with Crippen molar-refractivity contribution in [1.29, 1.82) is 0 Å². The lowest BCUT2D eigenvalue weighted by Crippen LogP contribution is -2.15. The Morgan fingerprint density at radius 2 is 1.21 bits per heavy atom. The molecule has 1 aromatic carbocycles.